The molecule has 2 rings (SSSR count). The second-order valence-electron chi connectivity index (χ2n) is 5.78. The van der Waals surface area contributed by atoms with Crippen molar-refractivity contribution in [2.75, 3.05) is 5.32 Å². The molecule has 5 heteroatoms. The van der Waals surface area contributed by atoms with E-state index in [1.807, 2.05) is 24.3 Å². The number of rotatable bonds is 5. The Kier molecular flexibility index (Phi) is 5.84. The predicted molar refractivity (Wildman–Crippen MR) is 96.7 cm³/mol. The zero-order valence-corrected chi connectivity index (χ0v) is 14.0. The fourth-order valence-electron chi connectivity index (χ4n) is 2.08. The van der Waals surface area contributed by atoms with Crippen LogP contribution in [0.15, 0.2) is 53.6 Å². The van der Waals surface area contributed by atoms with E-state index in [2.05, 4.69) is 29.7 Å². The number of urea groups is 1. The largest absolute Gasteiger partial charge is 0.339 e. The minimum Gasteiger partial charge on any atom is -0.307 e. The van der Waals surface area contributed by atoms with E-state index in [4.69, 9.17) is 0 Å². The summed E-state index contributed by atoms with van der Waals surface area (Å²) in [6, 6.07) is 14.2. The second-order valence-corrected chi connectivity index (χ2v) is 5.78. The molecule has 5 nitrogen and oxygen atoms in total. The molecule has 0 saturated carbocycles. The summed E-state index contributed by atoms with van der Waals surface area (Å²) in [4.78, 5) is 23.0. The van der Waals surface area contributed by atoms with E-state index >= 15 is 0 Å². The van der Waals surface area contributed by atoms with Crippen LogP contribution in [-0.4, -0.2) is 18.0 Å². The summed E-state index contributed by atoms with van der Waals surface area (Å²) in [7, 11) is 0. The first kappa shape index (κ1) is 17.4. The van der Waals surface area contributed by atoms with Gasteiger partial charge in [0.2, 0.25) is 0 Å². The van der Waals surface area contributed by atoms with Gasteiger partial charge < -0.3 is 5.32 Å². The summed E-state index contributed by atoms with van der Waals surface area (Å²) in [5.41, 5.74) is 5.76. The Morgan fingerprint density at radius 1 is 1.00 bits per heavy atom. The number of carbonyl (C=O) groups is 2. The molecule has 0 aliphatic heterocycles. The number of amides is 2. The van der Waals surface area contributed by atoms with Gasteiger partial charge in [-0.05, 0) is 48.2 Å². The third-order valence-electron chi connectivity index (χ3n) is 3.53. The number of benzene rings is 2. The van der Waals surface area contributed by atoms with Crippen molar-refractivity contribution in [3.05, 3.63) is 65.2 Å². The van der Waals surface area contributed by atoms with Crippen LogP contribution in [0, 0.1) is 0 Å². The van der Waals surface area contributed by atoms with Gasteiger partial charge in [0, 0.05) is 11.3 Å². The lowest BCUT2D eigenvalue weighted by Crippen LogP contribution is -2.24. The SMILES string of the molecule is CC(=O)c1ccc(NC(=O)N/N=C/c2ccc(C(C)C)cc2)cc1. The van der Waals surface area contributed by atoms with Gasteiger partial charge in [0.25, 0.3) is 0 Å². The highest BCUT2D eigenvalue weighted by atomic mass is 16.2. The van der Waals surface area contributed by atoms with Gasteiger partial charge in [-0.1, -0.05) is 38.1 Å². The topological polar surface area (TPSA) is 70.6 Å². The Hall–Kier alpha value is -2.95. The standard InChI is InChI=1S/C19H21N3O2/c1-13(2)16-6-4-15(5-7-16)12-20-22-19(24)21-18-10-8-17(9-11-18)14(3)23/h4-13H,1-3H3,(H2,21,22,24)/b20-12+. The van der Waals surface area contributed by atoms with Crippen LogP contribution in [0.1, 0.15) is 48.2 Å². The third kappa shape index (κ3) is 5.05. The number of nitrogens with zero attached hydrogens (tertiary/aromatic N) is 1. The second kappa shape index (κ2) is 8.06. The molecule has 2 aromatic rings. The monoisotopic (exact) mass is 323 g/mol. The third-order valence-corrected chi connectivity index (χ3v) is 3.53. The quantitative estimate of drug-likeness (QED) is 0.492. The molecule has 0 unspecified atom stereocenters. The van der Waals surface area contributed by atoms with Crippen LogP contribution in [0.2, 0.25) is 0 Å². The maximum absolute atomic E-state index is 11.8. The molecule has 0 atom stereocenters. The Bertz CT molecular complexity index is 732. The molecule has 2 N–H and O–H groups in total. The van der Waals surface area contributed by atoms with Crippen LogP contribution < -0.4 is 10.7 Å². The van der Waals surface area contributed by atoms with E-state index in [9.17, 15) is 9.59 Å². The summed E-state index contributed by atoms with van der Waals surface area (Å²) < 4.78 is 0. The minimum absolute atomic E-state index is 0.0147. The first-order chi connectivity index (χ1) is 11.5. The lowest BCUT2D eigenvalue weighted by Gasteiger charge is -2.05. The molecule has 0 aliphatic carbocycles. The molecule has 0 spiro atoms. The lowest BCUT2D eigenvalue weighted by atomic mass is 10.0. The van der Waals surface area contributed by atoms with Gasteiger partial charge in [0.05, 0.1) is 6.21 Å². The summed E-state index contributed by atoms with van der Waals surface area (Å²) in [6.07, 6.45) is 1.59. The minimum atomic E-state index is -0.444. The number of hydrazone groups is 1. The van der Waals surface area contributed by atoms with Crippen molar-refractivity contribution in [2.45, 2.75) is 26.7 Å². The predicted octanol–water partition coefficient (Wildman–Crippen LogP) is 4.17. The van der Waals surface area contributed by atoms with Crippen molar-refractivity contribution < 1.29 is 9.59 Å². The van der Waals surface area contributed by atoms with Crippen LogP contribution in [-0.2, 0) is 0 Å². The maximum Gasteiger partial charge on any atom is 0.339 e. The summed E-state index contributed by atoms with van der Waals surface area (Å²) in [5, 5.41) is 6.56. The van der Waals surface area contributed by atoms with Gasteiger partial charge in [-0.2, -0.15) is 5.10 Å². The van der Waals surface area contributed by atoms with E-state index < -0.39 is 6.03 Å². The van der Waals surface area contributed by atoms with E-state index in [-0.39, 0.29) is 5.78 Å². The summed E-state index contributed by atoms with van der Waals surface area (Å²) >= 11 is 0. The fourth-order valence-corrected chi connectivity index (χ4v) is 2.08. The lowest BCUT2D eigenvalue weighted by molar-refractivity contribution is 0.101. The average Bonchev–Trinajstić information content (AvgIpc) is 2.55. The number of nitrogens with one attached hydrogen (secondary N) is 2. The highest BCUT2D eigenvalue weighted by molar-refractivity contribution is 5.95. The van der Waals surface area contributed by atoms with E-state index in [1.165, 1.54) is 12.5 Å². The highest BCUT2D eigenvalue weighted by Gasteiger charge is 2.02. The smallest absolute Gasteiger partial charge is 0.307 e. The molecule has 0 fully saturated rings. The van der Waals surface area contributed by atoms with E-state index in [0.29, 0.717) is 17.2 Å². The van der Waals surface area contributed by atoms with Crippen LogP contribution in [0.4, 0.5) is 10.5 Å². The molecule has 0 saturated heterocycles. The Morgan fingerprint density at radius 3 is 2.17 bits per heavy atom. The average molecular weight is 323 g/mol. The Labute approximate surface area is 141 Å². The number of hydrogen-bond donors (Lipinski definition) is 2. The van der Waals surface area contributed by atoms with Gasteiger partial charge in [-0.3, -0.25) is 4.79 Å². The van der Waals surface area contributed by atoms with Gasteiger partial charge in [-0.15, -0.1) is 0 Å². The molecular formula is C19H21N3O2. The van der Waals surface area contributed by atoms with Crippen molar-refractivity contribution in [3.8, 4) is 0 Å². The van der Waals surface area contributed by atoms with Gasteiger partial charge in [0.15, 0.2) is 5.78 Å². The molecule has 0 heterocycles. The molecule has 124 valence electrons. The van der Waals surface area contributed by atoms with Crippen LogP contribution in [0.5, 0.6) is 0 Å². The zero-order chi connectivity index (χ0) is 17.5. The molecule has 2 aromatic carbocycles. The van der Waals surface area contributed by atoms with Crippen molar-refractivity contribution in [3.63, 3.8) is 0 Å². The number of anilines is 1. The molecule has 0 radical (unpaired) electrons. The van der Waals surface area contributed by atoms with Gasteiger partial charge in [-0.25, -0.2) is 10.2 Å². The Balaban J connectivity index is 1.87. The van der Waals surface area contributed by atoms with Crippen LogP contribution >= 0.6 is 0 Å². The highest BCUT2D eigenvalue weighted by Crippen LogP contribution is 2.14. The van der Waals surface area contributed by atoms with Crippen molar-refractivity contribution >= 4 is 23.7 Å². The normalized spacial score (nSPS) is 10.8. The van der Waals surface area contributed by atoms with Gasteiger partial charge >= 0.3 is 6.03 Å². The van der Waals surface area contributed by atoms with Crippen molar-refractivity contribution in [1.82, 2.24) is 5.43 Å². The summed E-state index contributed by atoms with van der Waals surface area (Å²) in [6.45, 7) is 5.77. The molecule has 0 bridgehead atoms. The first-order valence-electron chi connectivity index (χ1n) is 7.76. The summed E-state index contributed by atoms with van der Waals surface area (Å²) in [5.74, 6) is 0.466. The molecule has 0 aliphatic rings. The van der Waals surface area contributed by atoms with E-state index in [1.54, 1.807) is 30.5 Å². The molecule has 24 heavy (non-hydrogen) atoms. The van der Waals surface area contributed by atoms with Crippen molar-refractivity contribution in [2.24, 2.45) is 5.10 Å². The molecule has 2 amide bonds. The fraction of sp³-hybridized carbons (Fsp3) is 0.211. The maximum atomic E-state index is 11.8. The van der Waals surface area contributed by atoms with Gasteiger partial charge in [0.1, 0.15) is 0 Å². The zero-order valence-electron chi connectivity index (χ0n) is 14.0. The number of Topliss-reactive ketones (excluding diaryl/α,β-unsaturated/α-hetero) is 1. The number of hydrogen-bond acceptors (Lipinski definition) is 3. The Morgan fingerprint density at radius 2 is 1.62 bits per heavy atom. The number of carbonyl (C=O) groups excluding carboxylic acids is 2. The molecule has 0 aromatic heterocycles. The molecular weight excluding hydrogens is 302 g/mol. The van der Waals surface area contributed by atoms with Crippen LogP contribution in [0.3, 0.4) is 0 Å². The first-order valence-corrected chi connectivity index (χ1v) is 7.76. The van der Waals surface area contributed by atoms with Crippen molar-refractivity contribution in [1.29, 1.82) is 0 Å². The number of ketones is 1. The van der Waals surface area contributed by atoms with E-state index in [0.717, 1.165) is 5.56 Å². The van der Waals surface area contributed by atoms with Crippen LogP contribution in [0.25, 0.3) is 0 Å².